The van der Waals surface area contributed by atoms with E-state index in [0.717, 1.165) is 37.6 Å². The highest BCUT2D eigenvalue weighted by Crippen LogP contribution is 2.17. The minimum atomic E-state index is 0.601. The summed E-state index contributed by atoms with van der Waals surface area (Å²) in [5, 5.41) is 6.88. The van der Waals surface area contributed by atoms with Gasteiger partial charge in [0.05, 0.1) is 18.9 Å². The Kier molecular flexibility index (Phi) is 3.25. The minimum absolute atomic E-state index is 0.601. The highest BCUT2D eigenvalue weighted by Gasteiger charge is 2.14. The van der Waals surface area contributed by atoms with Gasteiger partial charge in [0.15, 0.2) is 0 Å². The second-order valence-corrected chi connectivity index (χ2v) is 4.78. The van der Waals surface area contributed by atoms with Crippen molar-refractivity contribution in [2.75, 3.05) is 25.0 Å². The fraction of sp³-hybridized carbons (Fsp3) is 0.615. The zero-order valence-electron chi connectivity index (χ0n) is 10.0. The van der Waals surface area contributed by atoms with Crippen LogP contribution < -0.4 is 10.6 Å². The molecule has 0 aromatic carbocycles. The van der Waals surface area contributed by atoms with Gasteiger partial charge in [0.2, 0.25) is 0 Å². The lowest BCUT2D eigenvalue weighted by Gasteiger charge is -2.17. The third kappa shape index (κ3) is 2.58. The molecule has 3 rings (SSSR count). The lowest BCUT2D eigenvalue weighted by molar-refractivity contribution is 0.107. The molecule has 0 aliphatic carbocycles. The van der Waals surface area contributed by atoms with Crippen LogP contribution in [0.1, 0.15) is 24.1 Å². The molecular weight excluding hydrogens is 214 g/mol. The van der Waals surface area contributed by atoms with Crippen molar-refractivity contribution in [2.24, 2.45) is 0 Å². The van der Waals surface area contributed by atoms with Crippen molar-refractivity contribution in [3.8, 4) is 0 Å². The van der Waals surface area contributed by atoms with Gasteiger partial charge in [-0.1, -0.05) is 6.07 Å². The summed E-state index contributed by atoms with van der Waals surface area (Å²) in [6.07, 6.45) is 3.55. The maximum absolute atomic E-state index is 5.43. The summed E-state index contributed by atoms with van der Waals surface area (Å²) in [7, 11) is 0. The van der Waals surface area contributed by atoms with Crippen LogP contribution in [0.15, 0.2) is 12.1 Å². The topological polar surface area (TPSA) is 46.2 Å². The highest BCUT2D eigenvalue weighted by molar-refractivity contribution is 5.39. The Balaban J connectivity index is 1.62. The quantitative estimate of drug-likeness (QED) is 0.826. The summed E-state index contributed by atoms with van der Waals surface area (Å²) in [5.74, 6) is 0.975. The summed E-state index contributed by atoms with van der Waals surface area (Å²) in [6.45, 7) is 3.60. The number of nitrogens with one attached hydrogen (secondary N) is 2. The second kappa shape index (κ2) is 5.02. The van der Waals surface area contributed by atoms with Gasteiger partial charge in [-0.2, -0.15) is 0 Å². The fourth-order valence-electron chi connectivity index (χ4n) is 2.49. The molecule has 1 unspecified atom stereocenters. The van der Waals surface area contributed by atoms with Gasteiger partial charge in [-0.25, -0.2) is 4.98 Å². The monoisotopic (exact) mass is 233 g/mol. The summed E-state index contributed by atoms with van der Waals surface area (Å²) >= 11 is 0. The average Bonchev–Trinajstić information content (AvgIpc) is 2.89. The Hall–Kier alpha value is -1.13. The maximum Gasteiger partial charge on any atom is 0.126 e. The van der Waals surface area contributed by atoms with Crippen LogP contribution in [0.3, 0.4) is 0 Å². The van der Waals surface area contributed by atoms with Crippen LogP contribution >= 0.6 is 0 Å². The average molecular weight is 233 g/mol. The molecule has 4 heteroatoms. The van der Waals surface area contributed by atoms with Crippen LogP contribution in [0.25, 0.3) is 0 Å². The zero-order valence-corrected chi connectivity index (χ0v) is 10.0. The lowest BCUT2D eigenvalue weighted by atomic mass is 10.1. The molecule has 3 heterocycles. The summed E-state index contributed by atoms with van der Waals surface area (Å²) < 4.78 is 5.43. The predicted molar refractivity (Wildman–Crippen MR) is 67.1 cm³/mol. The summed E-state index contributed by atoms with van der Waals surface area (Å²) in [4.78, 5) is 4.61. The van der Waals surface area contributed by atoms with E-state index in [4.69, 9.17) is 4.74 Å². The normalized spacial score (nSPS) is 23.4. The van der Waals surface area contributed by atoms with E-state index >= 15 is 0 Å². The molecule has 1 aromatic rings. The molecular formula is C13H19N3O. The molecule has 1 saturated heterocycles. The Morgan fingerprint density at radius 3 is 3.35 bits per heavy atom. The van der Waals surface area contributed by atoms with Gasteiger partial charge in [-0.05, 0) is 37.4 Å². The number of anilines is 1. The first-order valence-corrected chi connectivity index (χ1v) is 6.45. The van der Waals surface area contributed by atoms with Gasteiger partial charge >= 0.3 is 0 Å². The van der Waals surface area contributed by atoms with Crippen molar-refractivity contribution in [3.63, 3.8) is 0 Å². The molecule has 2 aliphatic heterocycles. The fourth-order valence-corrected chi connectivity index (χ4v) is 2.49. The van der Waals surface area contributed by atoms with E-state index in [9.17, 15) is 0 Å². The molecule has 2 N–H and O–H groups in total. The van der Waals surface area contributed by atoms with Crippen LogP contribution in [0.4, 0.5) is 5.82 Å². The van der Waals surface area contributed by atoms with Crippen LogP contribution in [0.2, 0.25) is 0 Å². The molecule has 0 radical (unpaired) electrons. The number of fused-ring (bicyclic) bond motifs is 1. The number of aromatic nitrogens is 1. The zero-order chi connectivity index (χ0) is 11.5. The van der Waals surface area contributed by atoms with E-state index in [1.165, 1.54) is 18.4 Å². The van der Waals surface area contributed by atoms with Crippen LogP contribution in [-0.2, 0) is 17.8 Å². The summed E-state index contributed by atoms with van der Waals surface area (Å²) in [5.41, 5.74) is 2.43. The molecule has 1 atom stereocenters. The number of pyridine rings is 1. The van der Waals surface area contributed by atoms with Crippen molar-refractivity contribution in [2.45, 2.75) is 31.9 Å². The van der Waals surface area contributed by atoms with Crippen molar-refractivity contribution < 1.29 is 4.74 Å². The number of hydrogen-bond acceptors (Lipinski definition) is 4. The van der Waals surface area contributed by atoms with Gasteiger partial charge in [-0.3, -0.25) is 0 Å². The van der Waals surface area contributed by atoms with Crippen LogP contribution in [-0.4, -0.2) is 30.7 Å². The predicted octanol–water partition coefficient (Wildman–Crippen LogP) is 1.32. The van der Waals surface area contributed by atoms with Gasteiger partial charge in [-0.15, -0.1) is 0 Å². The van der Waals surface area contributed by atoms with E-state index in [1.807, 2.05) is 0 Å². The van der Waals surface area contributed by atoms with E-state index in [0.29, 0.717) is 12.6 Å². The van der Waals surface area contributed by atoms with Crippen molar-refractivity contribution in [1.82, 2.24) is 10.3 Å². The molecule has 0 spiro atoms. The second-order valence-electron chi connectivity index (χ2n) is 4.78. The van der Waals surface area contributed by atoms with Gasteiger partial charge in [0, 0.05) is 12.6 Å². The number of ether oxygens (including phenoxy) is 1. The Morgan fingerprint density at radius 1 is 1.47 bits per heavy atom. The molecule has 1 fully saturated rings. The number of hydrogen-bond donors (Lipinski definition) is 2. The lowest BCUT2D eigenvalue weighted by Crippen LogP contribution is -2.29. The van der Waals surface area contributed by atoms with Gasteiger partial charge < -0.3 is 15.4 Å². The molecule has 0 amide bonds. The SMILES string of the molecule is c1cc2c(nc1NCC1CCCN1)COCC2. The first-order valence-electron chi connectivity index (χ1n) is 6.45. The Labute approximate surface area is 102 Å². The largest absolute Gasteiger partial charge is 0.375 e. The number of rotatable bonds is 3. The molecule has 4 nitrogen and oxygen atoms in total. The smallest absolute Gasteiger partial charge is 0.126 e. The minimum Gasteiger partial charge on any atom is -0.375 e. The molecule has 0 bridgehead atoms. The third-order valence-electron chi connectivity index (χ3n) is 3.51. The van der Waals surface area contributed by atoms with Crippen molar-refractivity contribution in [3.05, 3.63) is 23.4 Å². The van der Waals surface area contributed by atoms with Crippen LogP contribution in [0, 0.1) is 0 Å². The molecule has 17 heavy (non-hydrogen) atoms. The number of nitrogens with zero attached hydrogens (tertiary/aromatic N) is 1. The van der Waals surface area contributed by atoms with E-state index in [2.05, 4.69) is 27.8 Å². The Bertz CT molecular complexity index is 388. The van der Waals surface area contributed by atoms with Gasteiger partial charge in [0.25, 0.3) is 0 Å². The third-order valence-corrected chi connectivity index (χ3v) is 3.51. The Morgan fingerprint density at radius 2 is 2.47 bits per heavy atom. The molecule has 92 valence electrons. The molecule has 0 saturated carbocycles. The van der Waals surface area contributed by atoms with Crippen molar-refractivity contribution in [1.29, 1.82) is 0 Å². The first-order chi connectivity index (χ1) is 8.42. The van der Waals surface area contributed by atoms with E-state index < -0.39 is 0 Å². The standard InChI is InChI=1S/C13H19N3O/c1-2-11(14-6-1)8-15-13-4-3-10-5-7-17-9-12(10)16-13/h3-4,11,14H,1-2,5-9H2,(H,15,16). The van der Waals surface area contributed by atoms with Crippen molar-refractivity contribution >= 4 is 5.82 Å². The highest BCUT2D eigenvalue weighted by atomic mass is 16.5. The molecule has 1 aromatic heterocycles. The first kappa shape index (κ1) is 11.0. The molecule has 2 aliphatic rings. The summed E-state index contributed by atoms with van der Waals surface area (Å²) in [6, 6.07) is 4.86. The van der Waals surface area contributed by atoms with Crippen LogP contribution in [0.5, 0.6) is 0 Å². The van der Waals surface area contributed by atoms with E-state index in [-0.39, 0.29) is 0 Å². The van der Waals surface area contributed by atoms with E-state index in [1.54, 1.807) is 0 Å². The van der Waals surface area contributed by atoms with Gasteiger partial charge in [0.1, 0.15) is 5.82 Å². The maximum atomic E-state index is 5.43.